The van der Waals surface area contributed by atoms with E-state index < -0.39 is 4.75 Å². The number of rotatable bonds is 5. The van der Waals surface area contributed by atoms with Gasteiger partial charge in [0.15, 0.2) is 5.16 Å². The molecule has 2 nitrogen and oxygen atoms in total. The normalized spacial score (nSPS) is 11.6. The highest BCUT2D eigenvalue weighted by Crippen LogP contribution is 2.51. The Balaban J connectivity index is 1.77. The minimum absolute atomic E-state index is 0.425. The Morgan fingerprint density at radius 2 is 1.13 bits per heavy atom. The number of hydrogen-bond donors (Lipinski definition) is 1. The van der Waals surface area contributed by atoms with Crippen LogP contribution < -0.4 is 0 Å². The van der Waals surface area contributed by atoms with Crippen molar-refractivity contribution in [1.29, 1.82) is 0 Å². The summed E-state index contributed by atoms with van der Waals surface area (Å²) >= 11 is 1.76. The summed E-state index contributed by atoms with van der Waals surface area (Å²) in [5.41, 5.74) is 6.96. The van der Waals surface area contributed by atoms with Gasteiger partial charge in [0.25, 0.3) is 0 Å². The number of imidazole rings is 1. The Labute approximate surface area is 181 Å². The van der Waals surface area contributed by atoms with Gasteiger partial charge < -0.3 is 4.98 Å². The van der Waals surface area contributed by atoms with E-state index in [-0.39, 0.29) is 0 Å². The molecule has 0 aliphatic carbocycles. The van der Waals surface area contributed by atoms with Crippen molar-refractivity contribution in [2.45, 2.75) is 16.8 Å². The molecular formula is C27H22N2S. The van der Waals surface area contributed by atoms with Crippen molar-refractivity contribution in [1.82, 2.24) is 9.97 Å². The second kappa shape index (κ2) is 7.85. The van der Waals surface area contributed by atoms with Gasteiger partial charge in [0.1, 0.15) is 0 Å². The topological polar surface area (TPSA) is 28.7 Å². The first-order valence-corrected chi connectivity index (χ1v) is 10.9. The molecule has 4 aromatic carbocycles. The fourth-order valence-electron chi connectivity index (χ4n) is 4.04. The van der Waals surface area contributed by atoms with E-state index in [0.717, 1.165) is 16.2 Å². The standard InChI is InChI=1S/C27H22N2S/c1-20-12-11-19-24-25(20)29-26(28-24)30-27(21-13-5-2-6-14-21,22-15-7-3-8-16-22)23-17-9-4-10-18-23/h2-19H,1H3,(H,28,29). The Morgan fingerprint density at radius 3 is 1.60 bits per heavy atom. The zero-order chi connectivity index (χ0) is 20.4. The Hall–Kier alpha value is -3.30. The van der Waals surface area contributed by atoms with Crippen molar-refractivity contribution in [3.05, 3.63) is 131 Å². The van der Waals surface area contributed by atoms with Gasteiger partial charge in [0.05, 0.1) is 15.8 Å². The molecule has 1 heterocycles. The fraction of sp³-hybridized carbons (Fsp3) is 0.0741. The summed E-state index contributed by atoms with van der Waals surface area (Å²) in [4.78, 5) is 8.53. The van der Waals surface area contributed by atoms with Gasteiger partial charge >= 0.3 is 0 Å². The maximum atomic E-state index is 4.98. The molecule has 1 aromatic heterocycles. The lowest BCUT2D eigenvalue weighted by molar-refractivity contribution is 0.882. The number of fused-ring (bicyclic) bond motifs is 1. The molecular weight excluding hydrogens is 384 g/mol. The molecule has 5 aromatic rings. The van der Waals surface area contributed by atoms with Crippen molar-refractivity contribution < 1.29 is 0 Å². The number of hydrogen-bond acceptors (Lipinski definition) is 2. The Morgan fingerprint density at radius 1 is 0.633 bits per heavy atom. The zero-order valence-corrected chi connectivity index (χ0v) is 17.6. The van der Waals surface area contributed by atoms with Crippen LogP contribution in [0.25, 0.3) is 11.0 Å². The third-order valence-electron chi connectivity index (χ3n) is 5.48. The third-order valence-corrected chi connectivity index (χ3v) is 6.88. The number of aromatic nitrogens is 2. The van der Waals surface area contributed by atoms with Crippen LogP contribution in [0.3, 0.4) is 0 Å². The van der Waals surface area contributed by atoms with Gasteiger partial charge in [0, 0.05) is 0 Å². The average molecular weight is 407 g/mol. The van der Waals surface area contributed by atoms with Crippen molar-refractivity contribution in [3.63, 3.8) is 0 Å². The highest BCUT2D eigenvalue weighted by molar-refractivity contribution is 8.00. The third kappa shape index (κ3) is 3.21. The smallest absolute Gasteiger partial charge is 0.167 e. The first kappa shape index (κ1) is 18.7. The molecule has 0 spiro atoms. The van der Waals surface area contributed by atoms with E-state index in [4.69, 9.17) is 4.98 Å². The van der Waals surface area contributed by atoms with E-state index in [1.807, 2.05) is 0 Å². The number of para-hydroxylation sites is 1. The van der Waals surface area contributed by atoms with E-state index in [9.17, 15) is 0 Å². The van der Waals surface area contributed by atoms with Crippen LogP contribution >= 0.6 is 11.8 Å². The summed E-state index contributed by atoms with van der Waals surface area (Å²) in [6, 6.07) is 38.4. The molecule has 30 heavy (non-hydrogen) atoms. The average Bonchev–Trinajstić information content (AvgIpc) is 3.23. The second-order valence-corrected chi connectivity index (χ2v) is 8.60. The van der Waals surface area contributed by atoms with E-state index in [1.165, 1.54) is 22.3 Å². The monoisotopic (exact) mass is 406 g/mol. The van der Waals surface area contributed by atoms with Gasteiger partial charge in [-0.15, -0.1) is 0 Å². The van der Waals surface area contributed by atoms with Gasteiger partial charge in [-0.3, -0.25) is 0 Å². The fourth-order valence-corrected chi connectivity index (χ4v) is 5.39. The Kier molecular flexibility index (Phi) is 4.89. The molecule has 0 bridgehead atoms. The molecule has 5 rings (SSSR count). The van der Waals surface area contributed by atoms with Crippen LogP contribution in [0, 0.1) is 6.92 Å². The number of H-pyrrole nitrogens is 1. The number of benzene rings is 4. The number of nitrogens with one attached hydrogen (secondary N) is 1. The lowest BCUT2D eigenvalue weighted by atomic mass is 9.84. The van der Waals surface area contributed by atoms with Crippen LogP contribution in [-0.2, 0) is 4.75 Å². The van der Waals surface area contributed by atoms with Gasteiger partial charge in [-0.1, -0.05) is 115 Å². The molecule has 0 radical (unpaired) electrons. The lowest BCUT2D eigenvalue weighted by Gasteiger charge is -2.34. The summed E-state index contributed by atoms with van der Waals surface area (Å²) < 4.78 is -0.425. The zero-order valence-electron chi connectivity index (χ0n) is 16.7. The van der Waals surface area contributed by atoms with E-state index in [1.54, 1.807) is 11.8 Å². The van der Waals surface area contributed by atoms with Crippen molar-refractivity contribution >= 4 is 22.8 Å². The van der Waals surface area contributed by atoms with Crippen LogP contribution in [-0.4, -0.2) is 9.97 Å². The van der Waals surface area contributed by atoms with Crippen LogP contribution in [0.5, 0.6) is 0 Å². The predicted octanol–water partition coefficient (Wildman–Crippen LogP) is 6.96. The van der Waals surface area contributed by atoms with Gasteiger partial charge in [-0.2, -0.15) is 0 Å². The SMILES string of the molecule is Cc1cccc2[nH]c(SC(c3ccccc3)(c3ccccc3)c3ccccc3)nc12. The van der Waals surface area contributed by atoms with Gasteiger partial charge in [-0.25, -0.2) is 4.98 Å². The summed E-state index contributed by atoms with van der Waals surface area (Å²) in [5.74, 6) is 0. The van der Waals surface area contributed by atoms with Crippen molar-refractivity contribution in [2.24, 2.45) is 0 Å². The van der Waals surface area contributed by atoms with Crippen LogP contribution in [0.1, 0.15) is 22.3 Å². The lowest BCUT2D eigenvalue weighted by Crippen LogP contribution is -2.25. The first-order chi connectivity index (χ1) is 14.8. The maximum absolute atomic E-state index is 4.98. The molecule has 1 N–H and O–H groups in total. The van der Waals surface area contributed by atoms with E-state index >= 15 is 0 Å². The number of aryl methyl sites for hydroxylation is 1. The van der Waals surface area contributed by atoms with Crippen LogP contribution in [0.4, 0.5) is 0 Å². The van der Waals surface area contributed by atoms with Gasteiger partial charge in [0.2, 0.25) is 0 Å². The Bertz CT molecular complexity index is 1170. The molecule has 0 amide bonds. The molecule has 3 heteroatoms. The number of nitrogens with zero attached hydrogens (tertiary/aromatic N) is 1. The summed E-state index contributed by atoms with van der Waals surface area (Å²) in [6.45, 7) is 2.11. The maximum Gasteiger partial charge on any atom is 0.167 e. The largest absolute Gasteiger partial charge is 0.333 e. The van der Waals surface area contributed by atoms with E-state index in [0.29, 0.717) is 0 Å². The summed E-state index contributed by atoms with van der Waals surface area (Å²) in [7, 11) is 0. The second-order valence-electron chi connectivity index (χ2n) is 7.39. The van der Waals surface area contributed by atoms with Gasteiger partial charge in [-0.05, 0) is 35.2 Å². The van der Waals surface area contributed by atoms with Crippen molar-refractivity contribution in [2.75, 3.05) is 0 Å². The highest BCUT2D eigenvalue weighted by Gasteiger charge is 2.38. The van der Waals surface area contributed by atoms with Crippen molar-refractivity contribution in [3.8, 4) is 0 Å². The quantitative estimate of drug-likeness (QED) is 0.252. The molecule has 0 saturated carbocycles. The molecule has 0 atom stereocenters. The number of aromatic amines is 1. The van der Waals surface area contributed by atoms with E-state index in [2.05, 4.69) is 121 Å². The number of thioether (sulfide) groups is 1. The summed E-state index contributed by atoms with van der Waals surface area (Å²) in [6.07, 6.45) is 0. The molecule has 0 aliphatic rings. The first-order valence-electron chi connectivity index (χ1n) is 10.1. The molecule has 146 valence electrons. The molecule has 0 aliphatic heterocycles. The predicted molar refractivity (Wildman–Crippen MR) is 126 cm³/mol. The minimum Gasteiger partial charge on any atom is -0.333 e. The molecule has 0 fully saturated rings. The summed E-state index contributed by atoms with van der Waals surface area (Å²) in [5, 5.41) is 0.913. The molecule has 0 saturated heterocycles. The van der Waals surface area contributed by atoms with Crippen LogP contribution in [0.2, 0.25) is 0 Å². The van der Waals surface area contributed by atoms with Crippen LogP contribution in [0.15, 0.2) is 114 Å². The highest BCUT2D eigenvalue weighted by atomic mass is 32.2. The molecule has 0 unspecified atom stereocenters. The minimum atomic E-state index is -0.425.